The van der Waals surface area contributed by atoms with E-state index < -0.39 is 0 Å². The molecular formula is C46H60N14O8. The third-order valence-corrected chi connectivity index (χ3v) is 9.98. The van der Waals surface area contributed by atoms with Crippen LogP contribution in [0.15, 0.2) is 98.1 Å². The Morgan fingerprint density at radius 2 is 0.544 bits per heavy atom. The quantitative estimate of drug-likeness (QED) is 0.0279. The summed E-state index contributed by atoms with van der Waals surface area (Å²) in [6.07, 6.45) is 12.4. The third kappa shape index (κ3) is 22.0. The van der Waals surface area contributed by atoms with Crippen molar-refractivity contribution in [3.8, 4) is 0 Å². The topological polar surface area (TPSA) is 291 Å². The monoisotopic (exact) mass is 936 g/mol. The molecule has 0 bridgehead atoms. The Labute approximate surface area is 394 Å². The first kappa shape index (κ1) is 52.9. The van der Waals surface area contributed by atoms with E-state index in [1.54, 1.807) is 73.3 Å². The molecule has 0 aliphatic rings. The molecule has 0 unspecified atom stereocenters. The second kappa shape index (κ2) is 31.2. The van der Waals surface area contributed by atoms with E-state index in [0.717, 1.165) is 0 Å². The number of rotatable bonds is 31. The second-order valence-corrected chi connectivity index (χ2v) is 15.1. The fourth-order valence-corrected chi connectivity index (χ4v) is 6.25. The number of nitrogens with zero attached hydrogens (tertiary/aromatic N) is 6. The minimum Gasteiger partial charge on any atom is -0.354 e. The van der Waals surface area contributed by atoms with Gasteiger partial charge in [-0.2, -0.15) is 0 Å². The van der Waals surface area contributed by atoms with Gasteiger partial charge in [-0.05, 0) is 48.5 Å². The summed E-state index contributed by atoms with van der Waals surface area (Å²) < 4.78 is 0. The van der Waals surface area contributed by atoms with Crippen LogP contribution < -0.4 is 42.5 Å². The van der Waals surface area contributed by atoms with E-state index in [2.05, 4.69) is 62.5 Å². The summed E-state index contributed by atoms with van der Waals surface area (Å²) in [6, 6.07) is 13.1. The molecule has 68 heavy (non-hydrogen) atoms. The van der Waals surface area contributed by atoms with Crippen molar-refractivity contribution in [3.63, 3.8) is 0 Å². The van der Waals surface area contributed by atoms with Crippen LogP contribution in [-0.2, 0) is 19.2 Å². The van der Waals surface area contributed by atoms with Crippen LogP contribution >= 0.6 is 0 Å². The standard InChI is InChI=1S/C46H60N14O8/c61-39(51-17-21-55-43(65)35-5-1-13-47-31-35)9-25-59(26-10-40(62)52-18-22-56-44(66)36-6-2-14-48-32-36)29-30-60(27-11-41(63)53-19-23-57-45(67)37-7-3-15-49-33-37)28-12-42(64)54-20-24-58-46(68)38-8-4-16-50-34-38/h1-8,13-16,31-34H,9-12,17-30H2,(H,51,61)(H,52,62)(H,53,63)(H,54,64)(H,55,65)(H,56,66)(H,57,67)(H,58,68). The average Bonchev–Trinajstić information content (AvgIpc) is 3.37. The van der Waals surface area contributed by atoms with E-state index in [1.165, 1.54) is 24.8 Å². The van der Waals surface area contributed by atoms with Crippen molar-refractivity contribution in [2.45, 2.75) is 25.7 Å². The number of amides is 8. The van der Waals surface area contributed by atoms with Gasteiger partial charge in [0.05, 0.1) is 22.3 Å². The molecule has 0 spiro atoms. The van der Waals surface area contributed by atoms with Crippen molar-refractivity contribution in [3.05, 3.63) is 120 Å². The van der Waals surface area contributed by atoms with Crippen LogP contribution in [0.4, 0.5) is 0 Å². The Morgan fingerprint density at radius 3 is 0.750 bits per heavy atom. The van der Waals surface area contributed by atoms with E-state index in [1.807, 2.05) is 9.80 Å². The van der Waals surface area contributed by atoms with Crippen LogP contribution in [0, 0.1) is 0 Å². The summed E-state index contributed by atoms with van der Waals surface area (Å²) in [5, 5.41) is 22.1. The number of pyridine rings is 4. The fraction of sp³-hybridized carbons (Fsp3) is 0.391. The fourth-order valence-electron chi connectivity index (χ4n) is 6.25. The lowest BCUT2D eigenvalue weighted by Crippen LogP contribution is -2.42. The molecule has 22 heteroatoms. The lowest BCUT2D eigenvalue weighted by Gasteiger charge is -2.27. The minimum atomic E-state index is -0.317. The molecule has 0 saturated carbocycles. The average molecular weight is 937 g/mol. The highest BCUT2D eigenvalue weighted by Gasteiger charge is 2.17. The zero-order valence-electron chi connectivity index (χ0n) is 37.9. The van der Waals surface area contributed by atoms with Gasteiger partial charge in [-0.3, -0.25) is 58.3 Å². The number of hydrogen-bond donors (Lipinski definition) is 8. The molecule has 22 nitrogen and oxygen atoms in total. The SMILES string of the molecule is O=C(CCN(CCC(=O)NCCNC(=O)c1cccnc1)CCN(CCC(=O)NCCNC(=O)c1cccnc1)CCC(=O)NCCNC(=O)c1cccnc1)NCCNC(=O)c1cccnc1. The molecule has 8 N–H and O–H groups in total. The Bertz CT molecular complexity index is 1890. The zero-order chi connectivity index (χ0) is 48.6. The van der Waals surface area contributed by atoms with Crippen molar-refractivity contribution in [1.29, 1.82) is 0 Å². The van der Waals surface area contributed by atoms with E-state index in [-0.39, 0.29) is 151 Å². The molecule has 4 aromatic heterocycles. The molecule has 0 fully saturated rings. The molecule has 4 heterocycles. The molecule has 0 aromatic carbocycles. The summed E-state index contributed by atoms with van der Waals surface area (Å²) >= 11 is 0. The van der Waals surface area contributed by atoms with E-state index >= 15 is 0 Å². The molecule has 0 aliphatic heterocycles. The van der Waals surface area contributed by atoms with Gasteiger partial charge in [0, 0.05) is 167 Å². The summed E-state index contributed by atoms with van der Waals surface area (Å²) in [7, 11) is 0. The molecule has 0 aliphatic carbocycles. The van der Waals surface area contributed by atoms with Gasteiger partial charge in [0.15, 0.2) is 0 Å². The molecule has 4 aromatic rings. The molecule has 0 saturated heterocycles. The van der Waals surface area contributed by atoms with Gasteiger partial charge in [-0.25, -0.2) is 0 Å². The van der Waals surface area contributed by atoms with Crippen LogP contribution in [0.3, 0.4) is 0 Å². The largest absolute Gasteiger partial charge is 0.354 e. The van der Waals surface area contributed by atoms with Gasteiger partial charge in [0.1, 0.15) is 0 Å². The second-order valence-electron chi connectivity index (χ2n) is 15.1. The highest BCUT2D eigenvalue weighted by atomic mass is 16.2. The van der Waals surface area contributed by atoms with Crippen molar-refractivity contribution in [2.24, 2.45) is 0 Å². The maximum Gasteiger partial charge on any atom is 0.252 e. The third-order valence-electron chi connectivity index (χ3n) is 9.98. The van der Waals surface area contributed by atoms with Gasteiger partial charge in [0.2, 0.25) is 23.6 Å². The highest BCUT2D eigenvalue weighted by Crippen LogP contribution is 2.02. The number of carbonyl (C=O) groups is 8. The predicted octanol–water partition coefficient (Wildman–Crippen LogP) is -1.08. The Balaban J connectivity index is 1.29. The maximum absolute atomic E-state index is 12.9. The predicted molar refractivity (Wildman–Crippen MR) is 250 cm³/mol. The number of aromatic nitrogens is 4. The molecular weight excluding hydrogens is 877 g/mol. The molecule has 0 radical (unpaired) electrons. The minimum absolute atomic E-state index is 0.0814. The Morgan fingerprint density at radius 1 is 0.324 bits per heavy atom. The van der Waals surface area contributed by atoms with E-state index in [4.69, 9.17) is 0 Å². The lowest BCUT2D eigenvalue weighted by atomic mass is 10.2. The van der Waals surface area contributed by atoms with Gasteiger partial charge >= 0.3 is 0 Å². The zero-order valence-corrected chi connectivity index (χ0v) is 37.9. The number of nitrogens with one attached hydrogen (secondary N) is 8. The van der Waals surface area contributed by atoms with E-state index in [9.17, 15) is 38.4 Å². The van der Waals surface area contributed by atoms with Crippen molar-refractivity contribution in [2.75, 3.05) is 91.6 Å². The van der Waals surface area contributed by atoms with Crippen LogP contribution in [-0.4, -0.2) is 169 Å². The van der Waals surface area contributed by atoms with Gasteiger partial charge < -0.3 is 52.3 Å². The Hall–Kier alpha value is -7.72. The van der Waals surface area contributed by atoms with Crippen LogP contribution in [0.2, 0.25) is 0 Å². The summed E-state index contributed by atoms with van der Waals surface area (Å²) in [5.74, 6) is -2.33. The summed E-state index contributed by atoms with van der Waals surface area (Å²) in [6.45, 7) is 3.37. The molecule has 4 rings (SSSR count). The number of carbonyl (C=O) groups excluding carboxylic acids is 8. The lowest BCUT2D eigenvalue weighted by molar-refractivity contribution is -0.123. The smallest absolute Gasteiger partial charge is 0.252 e. The summed E-state index contributed by atoms with van der Waals surface area (Å²) in [4.78, 5) is 121. The van der Waals surface area contributed by atoms with Crippen LogP contribution in [0.1, 0.15) is 67.1 Å². The Kier molecular flexibility index (Phi) is 24.3. The van der Waals surface area contributed by atoms with Gasteiger partial charge in [0.25, 0.3) is 23.6 Å². The van der Waals surface area contributed by atoms with Crippen LogP contribution in [0.5, 0.6) is 0 Å². The van der Waals surface area contributed by atoms with Gasteiger partial charge in [-0.1, -0.05) is 0 Å². The first-order valence-electron chi connectivity index (χ1n) is 22.3. The van der Waals surface area contributed by atoms with Crippen molar-refractivity contribution in [1.82, 2.24) is 72.3 Å². The maximum atomic E-state index is 12.9. The molecule has 0 atom stereocenters. The van der Waals surface area contributed by atoms with Gasteiger partial charge in [-0.15, -0.1) is 0 Å². The first-order valence-corrected chi connectivity index (χ1v) is 22.3. The van der Waals surface area contributed by atoms with E-state index in [0.29, 0.717) is 35.3 Å². The first-order chi connectivity index (χ1) is 33.1. The van der Waals surface area contributed by atoms with Crippen molar-refractivity contribution >= 4 is 47.3 Å². The van der Waals surface area contributed by atoms with Crippen molar-refractivity contribution < 1.29 is 38.4 Å². The molecule has 8 amide bonds. The molecule has 362 valence electrons. The van der Waals surface area contributed by atoms with Crippen LogP contribution in [0.25, 0.3) is 0 Å². The number of hydrogen-bond acceptors (Lipinski definition) is 14. The normalized spacial score (nSPS) is 10.7. The summed E-state index contributed by atoms with van der Waals surface area (Å²) in [5.41, 5.74) is 1.59. The highest BCUT2D eigenvalue weighted by molar-refractivity contribution is 5.95.